The van der Waals surface area contributed by atoms with Gasteiger partial charge in [-0.05, 0) is 59.7 Å². The van der Waals surface area contributed by atoms with Crippen molar-refractivity contribution in [2.24, 2.45) is 14.1 Å². The highest BCUT2D eigenvalue weighted by Gasteiger charge is 2.44. The lowest BCUT2D eigenvalue weighted by molar-refractivity contribution is -0.121. The number of aryl methyl sites for hydroxylation is 2. The Morgan fingerprint density at radius 2 is 0.977 bits per heavy atom. The number of anilines is 2. The van der Waals surface area contributed by atoms with E-state index in [1.54, 1.807) is 9.80 Å². The number of hydrogen-bond donors (Lipinski definition) is 0. The molecule has 4 heterocycles. The van der Waals surface area contributed by atoms with Crippen molar-refractivity contribution in [2.45, 2.75) is 11.8 Å². The zero-order valence-corrected chi connectivity index (χ0v) is 24.5. The van der Waals surface area contributed by atoms with Crippen molar-refractivity contribution >= 4 is 50.8 Å². The molecule has 0 radical (unpaired) electrons. The molecule has 7 heteroatoms. The zero-order chi connectivity index (χ0) is 30.1. The molecule has 0 N–H and O–H groups in total. The number of aromatic nitrogens is 2. The molecule has 2 amide bonds. The molecule has 0 fully saturated rings. The quantitative estimate of drug-likeness (QED) is 0.242. The number of amides is 2. The lowest BCUT2D eigenvalue weighted by Crippen LogP contribution is -2.35. The van der Waals surface area contributed by atoms with Crippen LogP contribution in [0.3, 0.4) is 0 Å². The number of nitrogens with zero attached hydrogens (tertiary/aromatic N) is 4. The van der Waals surface area contributed by atoms with E-state index < -0.39 is 11.8 Å². The van der Waals surface area contributed by atoms with Gasteiger partial charge in [0.2, 0.25) is 0 Å². The minimum absolute atomic E-state index is 0.0198. The average Bonchev–Trinajstić information content (AvgIpc) is 3.83. The van der Waals surface area contributed by atoms with Gasteiger partial charge < -0.3 is 18.9 Å². The number of hydrogen-bond acceptors (Lipinski definition) is 3. The first-order chi connectivity index (χ1) is 21.4. The van der Waals surface area contributed by atoms with Gasteiger partial charge in [-0.3, -0.25) is 14.4 Å². The minimum atomic E-state index is -0.504. The van der Waals surface area contributed by atoms with Crippen molar-refractivity contribution in [3.05, 3.63) is 132 Å². The van der Waals surface area contributed by atoms with E-state index in [9.17, 15) is 14.4 Å². The largest absolute Gasteiger partial charge is 0.351 e. The number of para-hydroxylation sites is 2. The monoisotopic (exact) mass is 578 g/mol. The Hall–Kier alpha value is -5.43. The van der Waals surface area contributed by atoms with Crippen LogP contribution in [0.5, 0.6) is 0 Å². The molecular weight excluding hydrogens is 548 g/mol. The second kappa shape index (κ2) is 9.81. The summed E-state index contributed by atoms with van der Waals surface area (Å²) in [4.78, 5) is 46.2. The van der Waals surface area contributed by atoms with Gasteiger partial charge >= 0.3 is 0 Å². The van der Waals surface area contributed by atoms with E-state index in [0.29, 0.717) is 11.1 Å². The lowest BCUT2D eigenvalue weighted by atomic mass is 9.86. The van der Waals surface area contributed by atoms with Crippen molar-refractivity contribution < 1.29 is 14.4 Å². The maximum Gasteiger partial charge on any atom is 0.258 e. The molecule has 2 aliphatic heterocycles. The fourth-order valence-electron chi connectivity index (χ4n) is 7.20. The summed E-state index contributed by atoms with van der Waals surface area (Å²) >= 11 is 0. The Morgan fingerprint density at radius 1 is 0.545 bits per heavy atom. The predicted molar refractivity (Wildman–Crippen MR) is 173 cm³/mol. The molecule has 2 unspecified atom stereocenters. The summed E-state index contributed by atoms with van der Waals surface area (Å²) in [6.07, 6.45) is 3.91. The van der Waals surface area contributed by atoms with Crippen molar-refractivity contribution in [2.75, 3.05) is 22.9 Å². The Labute approximate surface area is 254 Å². The third-order valence-electron chi connectivity index (χ3n) is 9.43. The standard InChI is InChI=1S/C37H30N4O3/c1-38-19-17-25-27(11-7-15-31(25)38)36(43)40-21-29(23-9-3-5-13-33(23)40)35(42)30-22-41(34-14-6-4-10-24(30)34)37(44)28-12-8-16-32-26(28)18-20-39(32)2/h3-20,29-30H,21-22H2,1-2H3. The van der Waals surface area contributed by atoms with Gasteiger partial charge in [0.15, 0.2) is 5.78 Å². The molecule has 2 atom stereocenters. The minimum Gasteiger partial charge on any atom is -0.351 e. The van der Waals surface area contributed by atoms with Crippen LogP contribution in [0.2, 0.25) is 0 Å². The van der Waals surface area contributed by atoms with Gasteiger partial charge in [-0.15, -0.1) is 0 Å². The lowest BCUT2D eigenvalue weighted by Gasteiger charge is -2.20. The van der Waals surface area contributed by atoms with Crippen LogP contribution in [0.25, 0.3) is 21.8 Å². The topological polar surface area (TPSA) is 67.6 Å². The van der Waals surface area contributed by atoms with E-state index in [1.165, 1.54) is 0 Å². The van der Waals surface area contributed by atoms with E-state index in [0.717, 1.165) is 44.3 Å². The van der Waals surface area contributed by atoms with Gasteiger partial charge in [-0.1, -0.05) is 48.5 Å². The van der Waals surface area contributed by atoms with Gasteiger partial charge in [0.1, 0.15) is 0 Å². The Bertz CT molecular complexity index is 2000. The summed E-state index contributed by atoms with van der Waals surface area (Å²) in [5, 5.41) is 1.78. The van der Waals surface area contributed by atoms with Gasteiger partial charge in [-0.2, -0.15) is 0 Å². The van der Waals surface area contributed by atoms with Crippen LogP contribution in [0, 0.1) is 0 Å². The van der Waals surface area contributed by atoms with Crippen LogP contribution in [0.4, 0.5) is 11.4 Å². The van der Waals surface area contributed by atoms with Crippen LogP contribution >= 0.6 is 0 Å². The Kier molecular flexibility index (Phi) is 5.84. The van der Waals surface area contributed by atoms with E-state index >= 15 is 0 Å². The molecule has 0 saturated heterocycles. The molecule has 7 nitrogen and oxygen atoms in total. The summed E-state index contributed by atoms with van der Waals surface area (Å²) in [7, 11) is 3.92. The van der Waals surface area contributed by atoms with Gasteiger partial charge in [0.25, 0.3) is 11.8 Å². The summed E-state index contributed by atoms with van der Waals surface area (Å²) in [6, 6.07) is 30.8. The first-order valence-electron chi connectivity index (χ1n) is 14.9. The molecule has 8 rings (SSSR count). The van der Waals surface area contributed by atoms with Crippen molar-refractivity contribution in [3.8, 4) is 0 Å². The normalized spacial score (nSPS) is 17.3. The summed E-state index contributed by atoms with van der Waals surface area (Å²) < 4.78 is 4.00. The van der Waals surface area contributed by atoms with Crippen LogP contribution in [-0.4, -0.2) is 39.8 Å². The van der Waals surface area contributed by atoms with Crippen molar-refractivity contribution in [3.63, 3.8) is 0 Å². The Morgan fingerprint density at radius 3 is 1.43 bits per heavy atom. The highest BCUT2D eigenvalue weighted by Crippen LogP contribution is 2.45. The number of fused-ring (bicyclic) bond motifs is 4. The fourth-order valence-corrected chi connectivity index (χ4v) is 7.20. The van der Waals surface area contributed by atoms with Gasteiger partial charge in [0.05, 0.1) is 11.8 Å². The molecule has 2 aliphatic rings. The molecule has 44 heavy (non-hydrogen) atoms. The zero-order valence-electron chi connectivity index (χ0n) is 24.5. The predicted octanol–water partition coefficient (Wildman–Crippen LogP) is 6.43. The van der Waals surface area contributed by atoms with Crippen molar-refractivity contribution in [1.29, 1.82) is 0 Å². The van der Waals surface area contributed by atoms with Gasteiger partial charge in [-0.25, -0.2) is 0 Å². The van der Waals surface area contributed by atoms with Crippen LogP contribution in [0.1, 0.15) is 43.7 Å². The van der Waals surface area contributed by atoms with Crippen LogP contribution < -0.4 is 9.80 Å². The molecule has 216 valence electrons. The van der Waals surface area contributed by atoms with Gasteiger partial charge in [0, 0.05) is 83.9 Å². The molecular formula is C37H30N4O3. The smallest absolute Gasteiger partial charge is 0.258 e. The highest BCUT2D eigenvalue weighted by molar-refractivity contribution is 6.17. The maximum atomic E-state index is 14.5. The molecule has 2 aromatic heterocycles. The molecule has 0 saturated carbocycles. The number of carbonyl (C=O) groups is 3. The summed E-state index contributed by atoms with van der Waals surface area (Å²) in [6.45, 7) is 0.520. The SMILES string of the molecule is Cn1ccc2c(C(=O)N3CC(C(=O)C4CN(C(=O)c5cccc6c5ccn6C)c5ccccc54)c4ccccc43)cccc21. The first-order valence-corrected chi connectivity index (χ1v) is 14.9. The third kappa shape index (κ3) is 3.78. The average molecular weight is 579 g/mol. The second-order valence-electron chi connectivity index (χ2n) is 11.8. The van der Waals surface area contributed by atoms with Crippen molar-refractivity contribution in [1.82, 2.24) is 9.13 Å². The Balaban J connectivity index is 1.14. The fraction of sp³-hybridized carbons (Fsp3) is 0.162. The van der Waals surface area contributed by atoms with E-state index in [2.05, 4.69) is 0 Å². The number of Topliss-reactive ketones (excluding diaryl/α,β-unsaturated/α-hetero) is 1. The molecule has 4 aromatic carbocycles. The number of rotatable bonds is 4. The first kappa shape index (κ1) is 26.2. The molecule has 0 bridgehead atoms. The summed E-state index contributed by atoms with van der Waals surface area (Å²) in [5.41, 5.74) is 6.42. The maximum absolute atomic E-state index is 14.5. The van der Waals surface area contributed by atoms with Crippen LogP contribution in [0.15, 0.2) is 109 Å². The third-order valence-corrected chi connectivity index (χ3v) is 9.43. The molecule has 6 aromatic rings. The number of ketones is 1. The van der Waals surface area contributed by atoms with Crippen LogP contribution in [-0.2, 0) is 18.9 Å². The molecule has 0 spiro atoms. The van der Waals surface area contributed by atoms with E-state index in [-0.39, 0.29) is 30.7 Å². The van der Waals surface area contributed by atoms with E-state index in [4.69, 9.17) is 0 Å². The number of benzene rings is 4. The second-order valence-corrected chi connectivity index (χ2v) is 11.8. The van der Waals surface area contributed by atoms with E-state index in [1.807, 2.05) is 133 Å². The number of carbonyl (C=O) groups excluding carboxylic acids is 3. The highest BCUT2D eigenvalue weighted by atomic mass is 16.2. The molecule has 0 aliphatic carbocycles. The summed E-state index contributed by atoms with van der Waals surface area (Å²) in [5.74, 6) is -1.23.